The molecule has 0 bridgehead atoms. The molecule has 1 amide bonds. The SMILES string of the molecule is COc1cc(C(=O)Nc2ccc3c(c2)OCO3)cc(OC)c1OC. The van der Waals surface area contributed by atoms with Crippen LogP contribution in [-0.4, -0.2) is 34.0 Å². The van der Waals surface area contributed by atoms with Crippen LogP contribution in [0.4, 0.5) is 5.69 Å². The second kappa shape index (κ2) is 6.57. The van der Waals surface area contributed by atoms with Crippen LogP contribution in [0, 0.1) is 0 Å². The van der Waals surface area contributed by atoms with Crippen LogP contribution in [0.5, 0.6) is 28.7 Å². The highest BCUT2D eigenvalue weighted by Crippen LogP contribution is 2.38. The van der Waals surface area contributed by atoms with Crippen LogP contribution in [-0.2, 0) is 0 Å². The lowest BCUT2D eigenvalue weighted by Crippen LogP contribution is -2.12. The Kier molecular flexibility index (Phi) is 4.33. The molecule has 0 saturated heterocycles. The highest BCUT2D eigenvalue weighted by Gasteiger charge is 2.18. The first-order valence-corrected chi connectivity index (χ1v) is 7.17. The molecule has 7 heteroatoms. The van der Waals surface area contributed by atoms with Gasteiger partial charge in [0.25, 0.3) is 5.91 Å². The van der Waals surface area contributed by atoms with Crippen LogP contribution in [0.2, 0.25) is 0 Å². The zero-order valence-electron chi connectivity index (χ0n) is 13.5. The zero-order valence-corrected chi connectivity index (χ0v) is 13.5. The van der Waals surface area contributed by atoms with Crippen molar-refractivity contribution in [2.75, 3.05) is 33.4 Å². The van der Waals surface area contributed by atoms with Crippen molar-refractivity contribution < 1.29 is 28.5 Å². The summed E-state index contributed by atoms with van der Waals surface area (Å²) in [5.74, 6) is 2.19. The maximum absolute atomic E-state index is 12.5. The normalized spacial score (nSPS) is 11.8. The van der Waals surface area contributed by atoms with E-state index in [1.807, 2.05) is 0 Å². The summed E-state index contributed by atoms with van der Waals surface area (Å²) in [6, 6.07) is 8.36. The number of fused-ring (bicyclic) bond motifs is 1. The van der Waals surface area contributed by atoms with E-state index in [9.17, 15) is 4.79 Å². The lowest BCUT2D eigenvalue weighted by atomic mass is 10.1. The topological polar surface area (TPSA) is 75.3 Å². The Labute approximate surface area is 139 Å². The monoisotopic (exact) mass is 331 g/mol. The van der Waals surface area contributed by atoms with Crippen molar-refractivity contribution >= 4 is 11.6 Å². The number of amides is 1. The van der Waals surface area contributed by atoms with Crippen molar-refractivity contribution in [3.05, 3.63) is 35.9 Å². The molecule has 0 radical (unpaired) electrons. The summed E-state index contributed by atoms with van der Waals surface area (Å²) in [5.41, 5.74) is 0.972. The van der Waals surface area contributed by atoms with Gasteiger partial charge in [-0.25, -0.2) is 0 Å². The molecule has 7 nitrogen and oxygen atoms in total. The van der Waals surface area contributed by atoms with E-state index in [1.165, 1.54) is 21.3 Å². The number of rotatable bonds is 5. The van der Waals surface area contributed by atoms with Crippen molar-refractivity contribution in [2.24, 2.45) is 0 Å². The van der Waals surface area contributed by atoms with Crippen molar-refractivity contribution in [3.63, 3.8) is 0 Å². The summed E-state index contributed by atoms with van der Waals surface area (Å²) < 4.78 is 26.3. The summed E-state index contributed by atoms with van der Waals surface area (Å²) in [6.07, 6.45) is 0. The fraction of sp³-hybridized carbons (Fsp3) is 0.235. The first-order valence-electron chi connectivity index (χ1n) is 7.17. The lowest BCUT2D eigenvalue weighted by molar-refractivity contribution is 0.102. The van der Waals surface area contributed by atoms with E-state index in [-0.39, 0.29) is 12.7 Å². The summed E-state index contributed by atoms with van der Waals surface area (Å²) >= 11 is 0. The minimum Gasteiger partial charge on any atom is -0.493 e. The molecule has 0 aromatic heterocycles. The third-order valence-electron chi connectivity index (χ3n) is 3.56. The highest BCUT2D eigenvalue weighted by atomic mass is 16.7. The largest absolute Gasteiger partial charge is 0.493 e. The predicted octanol–water partition coefficient (Wildman–Crippen LogP) is 2.69. The molecule has 0 atom stereocenters. The highest BCUT2D eigenvalue weighted by molar-refractivity contribution is 6.05. The molecule has 0 spiro atoms. The molecule has 1 heterocycles. The quantitative estimate of drug-likeness (QED) is 0.908. The van der Waals surface area contributed by atoms with Crippen LogP contribution < -0.4 is 29.0 Å². The molecule has 126 valence electrons. The second-order valence-electron chi connectivity index (χ2n) is 4.94. The van der Waals surface area contributed by atoms with Crippen LogP contribution in [0.25, 0.3) is 0 Å². The maximum atomic E-state index is 12.5. The number of methoxy groups -OCH3 is 3. The lowest BCUT2D eigenvalue weighted by Gasteiger charge is -2.14. The number of carbonyl (C=O) groups excluding carboxylic acids is 1. The van der Waals surface area contributed by atoms with Gasteiger partial charge in [0, 0.05) is 17.3 Å². The molecule has 2 aromatic rings. The Morgan fingerprint density at radius 1 is 0.958 bits per heavy atom. The fourth-order valence-corrected chi connectivity index (χ4v) is 2.39. The van der Waals surface area contributed by atoms with Crippen LogP contribution in [0.1, 0.15) is 10.4 Å². The molecule has 24 heavy (non-hydrogen) atoms. The Morgan fingerprint density at radius 2 is 1.62 bits per heavy atom. The summed E-state index contributed by atoms with van der Waals surface area (Å²) in [5, 5.41) is 2.80. The molecule has 2 aromatic carbocycles. The molecule has 0 saturated carbocycles. The van der Waals surface area contributed by atoms with Gasteiger partial charge in [0.2, 0.25) is 12.5 Å². The molecule has 0 fully saturated rings. The van der Waals surface area contributed by atoms with Gasteiger partial charge < -0.3 is 29.0 Å². The fourth-order valence-electron chi connectivity index (χ4n) is 2.39. The van der Waals surface area contributed by atoms with Crippen molar-refractivity contribution in [2.45, 2.75) is 0 Å². The van der Waals surface area contributed by atoms with E-state index in [4.69, 9.17) is 23.7 Å². The summed E-state index contributed by atoms with van der Waals surface area (Å²) in [7, 11) is 4.50. The molecular formula is C17H17NO6. The van der Waals surface area contributed by atoms with Crippen molar-refractivity contribution in [1.29, 1.82) is 0 Å². The standard InChI is InChI=1S/C17H17NO6/c1-20-14-6-10(7-15(21-2)16(14)22-3)17(19)18-11-4-5-12-13(8-11)24-9-23-12/h4-8H,9H2,1-3H3,(H,18,19). The van der Waals surface area contributed by atoms with E-state index in [0.717, 1.165) is 0 Å². The molecular weight excluding hydrogens is 314 g/mol. The number of nitrogens with one attached hydrogen (secondary N) is 1. The third kappa shape index (κ3) is 2.88. The average Bonchev–Trinajstić information content (AvgIpc) is 3.07. The first-order chi connectivity index (χ1) is 11.7. The predicted molar refractivity (Wildman–Crippen MR) is 86.6 cm³/mol. The van der Waals surface area contributed by atoms with Gasteiger partial charge in [-0.2, -0.15) is 0 Å². The maximum Gasteiger partial charge on any atom is 0.255 e. The van der Waals surface area contributed by atoms with Gasteiger partial charge in [0.1, 0.15) is 0 Å². The number of carbonyl (C=O) groups is 1. The van der Waals surface area contributed by atoms with E-state index < -0.39 is 0 Å². The van der Waals surface area contributed by atoms with Gasteiger partial charge in [-0.3, -0.25) is 4.79 Å². The molecule has 1 N–H and O–H groups in total. The van der Waals surface area contributed by atoms with E-state index in [2.05, 4.69) is 5.32 Å². The number of anilines is 1. The van der Waals surface area contributed by atoms with Gasteiger partial charge in [-0.05, 0) is 24.3 Å². The van der Waals surface area contributed by atoms with Gasteiger partial charge in [0.15, 0.2) is 23.0 Å². The molecule has 0 aliphatic carbocycles. The van der Waals surface area contributed by atoms with Gasteiger partial charge in [0.05, 0.1) is 21.3 Å². The molecule has 1 aliphatic rings. The Balaban J connectivity index is 1.87. The van der Waals surface area contributed by atoms with Crippen LogP contribution in [0.3, 0.4) is 0 Å². The van der Waals surface area contributed by atoms with Gasteiger partial charge in [-0.1, -0.05) is 0 Å². The summed E-state index contributed by atoms with van der Waals surface area (Å²) in [6.45, 7) is 0.180. The third-order valence-corrected chi connectivity index (χ3v) is 3.56. The Bertz CT molecular complexity index is 749. The van der Waals surface area contributed by atoms with E-state index in [1.54, 1.807) is 30.3 Å². The first kappa shape index (κ1) is 15.8. The minimum atomic E-state index is -0.312. The van der Waals surface area contributed by atoms with Crippen molar-refractivity contribution in [3.8, 4) is 28.7 Å². The Hall–Kier alpha value is -3.09. The number of ether oxygens (including phenoxy) is 5. The van der Waals surface area contributed by atoms with Gasteiger partial charge in [-0.15, -0.1) is 0 Å². The number of hydrogen-bond acceptors (Lipinski definition) is 6. The smallest absolute Gasteiger partial charge is 0.255 e. The van der Waals surface area contributed by atoms with Crippen LogP contribution >= 0.6 is 0 Å². The number of benzene rings is 2. The number of hydrogen-bond donors (Lipinski definition) is 1. The minimum absolute atomic E-state index is 0.180. The average molecular weight is 331 g/mol. The zero-order chi connectivity index (χ0) is 17.1. The molecule has 0 unspecified atom stereocenters. The van der Waals surface area contributed by atoms with Crippen molar-refractivity contribution in [1.82, 2.24) is 0 Å². The second-order valence-corrected chi connectivity index (χ2v) is 4.94. The van der Waals surface area contributed by atoms with Gasteiger partial charge >= 0.3 is 0 Å². The Morgan fingerprint density at radius 3 is 2.25 bits per heavy atom. The molecule has 1 aliphatic heterocycles. The van der Waals surface area contributed by atoms with E-state index >= 15 is 0 Å². The van der Waals surface area contributed by atoms with Crippen LogP contribution in [0.15, 0.2) is 30.3 Å². The summed E-state index contributed by atoms with van der Waals surface area (Å²) in [4.78, 5) is 12.5. The molecule has 3 rings (SSSR count). The van der Waals surface area contributed by atoms with E-state index in [0.29, 0.717) is 40.0 Å².